The highest BCUT2D eigenvalue weighted by atomic mass is 17.1. The van der Waals surface area contributed by atoms with Crippen LogP contribution in [0.2, 0.25) is 0 Å². The van der Waals surface area contributed by atoms with Crippen molar-refractivity contribution in [3.63, 3.8) is 0 Å². The number of hydrogen-bond donors (Lipinski definition) is 2. The quantitative estimate of drug-likeness (QED) is 0.315. The van der Waals surface area contributed by atoms with E-state index in [1.165, 1.54) is 11.1 Å². The molecule has 162 valence electrons. The molecule has 0 spiro atoms. The SMILES string of the molecule is CC(C)(C)OO.CNc1ncc(-c2ccn3c(-c4cccc(C)c4)cnc3c2)cc1C. The van der Waals surface area contributed by atoms with Gasteiger partial charge in [-0.3, -0.25) is 9.66 Å². The first-order chi connectivity index (χ1) is 14.7. The minimum absolute atomic E-state index is 0.403. The van der Waals surface area contributed by atoms with Crippen molar-refractivity contribution < 1.29 is 10.1 Å². The van der Waals surface area contributed by atoms with Crippen LogP contribution in [0.3, 0.4) is 0 Å². The van der Waals surface area contributed by atoms with Crippen molar-refractivity contribution in [2.24, 2.45) is 0 Å². The van der Waals surface area contributed by atoms with Crippen LogP contribution in [-0.2, 0) is 4.89 Å². The van der Waals surface area contributed by atoms with Gasteiger partial charge in [-0.2, -0.15) is 0 Å². The van der Waals surface area contributed by atoms with Gasteiger partial charge in [0.05, 0.1) is 17.5 Å². The molecule has 0 radical (unpaired) electrons. The summed E-state index contributed by atoms with van der Waals surface area (Å²) in [6.07, 6.45) is 5.91. The molecule has 6 heteroatoms. The lowest BCUT2D eigenvalue weighted by Gasteiger charge is -2.10. The van der Waals surface area contributed by atoms with Gasteiger partial charge in [0.1, 0.15) is 11.5 Å². The molecule has 0 aliphatic heterocycles. The van der Waals surface area contributed by atoms with E-state index >= 15 is 0 Å². The summed E-state index contributed by atoms with van der Waals surface area (Å²) >= 11 is 0. The zero-order valence-corrected chi connectivity index (χ0v) is 19.0. The number of hydrogen-bond acceptors (Lipinski definition) is 5. The summed E-state index contributed by atoms with van der Waals surface area (Å²) in [5.74, 6) is 0.910. The first kappa shape index (κ1) is 22.5. The monoisotopic (exact) mass is 418 g/mol. The third kappa shape index (κ3) is 5.48. The molecule has 0 saturated heterocycles. The molecule has 0 atom stereocenters. The average Bonchev–Trinajstić information content (AvgIpc) is 3.17. The maximum absolute atomic E-state index is 7.90. The third-order valence-corrected chi connectivity index (χ3v) is 4.75. The summed E-state index contributed by atoms with van der Waals surface area (Å²) in [6, 6.07) is 14.9. The molecule has 0 fully saturated rings. The van der Waals surface area contributed by atoms with Crippen molar-refractivity contribution in [2.75, 3.05) is 12.4 Å². The van der Waals surface area contributed by atoms with E-state index in [0.29, 0.717) is 0 Å². The molecule has 3 aromatic heterocycles. The Bertz CT molecular complexity index is 1180. The van der Waals surface area contributed by atoms with Gasteiger partial charge in [-0.15, -0.1) is 0 Å². The molecule has 0 bridgehead atoms. The van der Waals surface area contributed by atoms with Gasteiger partial charge in [-0.1, -0.05) is 23.8 Å². The maximum Gasteiger partial charge on any atom is 0.137 e. The average molecular weight is 419 g/mol. The predicted octanol–water partition coefficient (Wildman–Crippen LogP) is 6.00. The van der Waals surface area contributed by atoms with Gasteiger partial charge in [0.15, 0.2) is 0 Å². The number of aryl methyl sites for hydroxylation is 2. The third-order valence-electron chi connectivity index (χ3n) is 4.75. The highest BCUT2D eigenvalue weighted by Gasteiger charge is 2.09. The standard InChI is InChI=1S/C21H20N4.C4H10O2/c1-14-5-4-6-17(9-14)19-13-23-20-11-16(7-8-25(19)20)18-10-15(2)21(22-3)24-12-18;1-4(2,3)6-5/h4-13H,1-3H3,(H,22,24);5H,1-3H3. The van der Waals surface area contributed by atoms with Gasteiger partial charge in [0, 0.05) is 30.6 Å². The Hall–Kier alpha value is -3.22. The van der Waals surface area contributed by atoms with E-state index in [1.54, 1.807) is 20.8 Å². The Labute approximate surface area is 183 Å². The minimum atomic E-state index is -0.403. The number of rotatable bonds is 3. The highest BCUT2D eigenvalue weighted by Crippen LogP contribution is 2.27. The second-order valence-corrected chi connectivity index (χ2v) is 8.50. The number of pyridine rings is 2. The number of imidazole rings is 1. The fourth-order valence-corrected chi connectivity index (χ4v) is 3.17. The zero-order valence-electron chi connectivity index (χ0n) is 19.0. The molecule has 0 unspecified atom stereocenters. The molecule has 0 aliphatic carbocycles. The minimum Gasteiger partial charge on any atom is -0.373 e. The molecule has 3 heterocycles. The highest BCUT2D eigenvalue weighted by molar-refractivity contribution is 5.71. The topological polar surface area (TPSA) is 71.7 Å². The van der Waals surface area contributed by atoms with Gasteiger partial charge in [0.25, 0.3) is 0 Å². The van der Waals surface area contributed by atoms with Gasteiger partial charge in [-0.05, 0) is 70.0 Å². The number of anilines is 1. The summed E-state index contributed by atoms with van der Waals surface area (Å²) in [6.45, 7) is 9.48. The maximum atomic E-state index is 7.90. The Morgan fingerprint density at radius 1 is 0.935 bits per heavy atom. The number of benzene rings is 1. The summed E-state index contributed by atoms with van der Waals surface area (Å²) in [5.41, 5.74) is 7.40. The fourth-order valence-electron chi connectivity index (χ4n) is 3.17. The second-order valence-electron chi connectivity index (χ2n) is 8.50. The van der Waals surface area contributed by atoms with Crippen LogP contribution in [0, 0.1) is 13.8 Å². The first-order valence-electron chi connectivity index (χ1n) is 10.2. The van der Waals surface area contributed by atoms with Crippen LogP contribution in [-0.4, -0.2) is 32.3 Å². The smallest absolute Gasteiger partial charge is 0.137 e. The molecule has 2 N–H and O–H groups in total. The number of nitrogens with one attached hydrogen (secondary N) is 1. The van der Waals surface area contributed by atoms with Crippen LogP contribution in [0.15, 0.2) is 61.1 Å². The van der Waals surface area contributed by atoms with Gasteiger partial charge >= 0.3 is 0 Å². The van der Waals surface area contributed by atoms with E-state index in [0.717, 1.165) is 33.8 Å². The predicted molar refractivity (Wildman–Crippen MR) is 126 cm³/mol. The van der Waals surface area contributed by atoms with E-state index in [-0.39, 0.29) is 0 Å². The van der Waals surface area contributed by atoms with Gasteiger partial charge in [0.2, 0.25) is 0 Å². The molecule has 4 aromatic rings. The van der Waals surface area contributed by atoms with Crippen LogP contribution in [0.1, 0.15) is 31.9 Å². The van der Waals surface area contributed by atoms with Crippen LogP contribution in [0.25, 0.3) is 28.0 Å². The largest absolute Gasteiger partial charge is 0.373 e. The van der Waals surface area contributed by atoms with Gasteiger partial charge < -0.3 is 5.32 Å². The molecule has 4 rings (SSSR count). The summed E-state index contributed by atoms with van der Waals surface area (Å²) in [5, 5.41) is 11.0. The normalized spacial score (nSPS) is 11.2. The Morgan fingerprint density at radius 3 is 2.29 bits per heavy atom. The zero-order chi connectivity index (χ0) is 22.6. The second kappa shape index (κ2) is 9.29. The van der Waals surface area contributed by atoms with Crippen molar-refractivity contribution in [1.82, 2.24) is 14.4 Å². The summed E-state index contributed by atoms with van der Waals surface area (Å²) in [7, 11) is 1.89. The molecule has 0 amide bonds. The Kier molecular flexibility index (Phi) is 6.73. The molecule has 0 saturated carbocycles. The van der Waals surface area contributed by atoms with E-state index < -0.39 is 5.60 Å². The van der Waals surface area contributed by atoms with Crippen LogP contribution in [0.5, 0.6) is 0 Å². The van der Waals surface area contributed by atoms with E-state index in [9.17, 15) is 0 Å². The lowest BCUT2D eigenvalue weighted by Crippen LogP contribution is -2.15. The van der Waals surface area contributed by atoms with Crippen LogP contribution >= 0.6 is 0 Å². The van der Waals surface area contributed by atoms with Crippen molar-refractivity contribution in [3.05, 3.63) is 72.2 Å². The molecular formula is C25H30N4O2. The van der Waals surface area contributed by atoms with E-state index in [1.807, 2.05) is 19.4 Å². The lowest BCUT2D eigenvalue weighted by atomic mass is 10.1. The van der Waals surface area contributed by atoms with Crippen molar-refractivity contribution in [2.45, 2.75) is 40.2 Å². The molecule has 1 aromatic carbocycles. The Morgan fingerprint density at radius 2 is 1.68 bits per heavy atom. The van der Waals surface area contributed by atoms with Crippen LogP contribution in [0.4, 0.5) is 5.82 Å². The Balaban J connectivity index is 0.000000401. The van der Waals surface area contributed by atoms with Crippen molar-refractivity contribution >= 4 is 11.5 Å². The molecular weight excluding hydrogens is 388 g/mol. The van der Waals surface area contributed by atoms with E-state index in [2.05, 4.69) is 87.1 Å². The van der Waals surface area contributed by atoms with Gasteiger partial charge in [-0.25, -0.2) is 14.9 Å². The molecule has 31 heavy (non-hydrogen) atoms. The van der Waals surface area contributed by atoms with Crippen molar-refractivity contribution in [3.8, 4) is 22.4 Å². The number of aromatic nitrogens is 3. The van der Waals surface area contributed by atoms with Crippen molar-refractivity contribution in [1.29, 1.82) is 0 Å². The van der Waals surface area contributed by atoms with Crippen LogP contribution < -0.4 is 5.32 Å². The molecule has 0 aliphatic rings. The van der Waals surface area contributed by atoms with E-state index in [4.69, 9.17) is 5.26 Å². The number of fused-ring (bicyclic) bond motifs is 1. The molecule has 6 nitrogen and oxygen atoms in total. The first-order valence-corrected chi connectivity index (χ1v) is 10.2. The number of nitrogens with zero attached hydrogens (tertiary/aromatic N) is 3. The summed E-state index contributed by atoms with van der Waals surface area (Å²) in [4.78, 5) is 13.0. The lowest BCUT2D eigenvalue weighted by molar-refractivity contribution is -0.306. The summed E-state index contributed by atoms with van der Waals surface area (Å²) < 4.78 is 2.13. The fraction of sp³-hybridized carbons (Fsp3) is 0.280.